The maximum Gasteiger partial charge on any atom is 0.313 e. The molecule has 2 aromatic carbocycles. The molecule has 0 bridgehead atoms. The van der Waals surface area contributed by atoms with Gasteiger partial charge in [-0.2, -0.15) is 0 Å². The van der Waals surface area contributed by atoms with Gasteiger partial charge in [0.25, 0.3) is 5.91 Å². The maximum absolute atomic E-state index is 12.4. The van der Waals surface area contributed by atoms with Crippen LogP contribution in [0.3, 0.4) is 0 Å². The first-order valence-electron chi connectivity index (χ1n) is 7.66. The predicted molar refractivity (Wildman–Crippen MR) is 92.5 cm³/mol. The quantitative estimate of drug-likeness (QED) is 0.673. The number of primary amides is 1. The second-order valence-electron chi connectivity index (χ2n) is 5.30. The van der Waals surface area contributed by atoms with Crippen LogP contribution in [0.4, 0.5) is 5.69 Å². The van der Waals surface area contributed by atoms with Gasteiger partial charge < -0.3 is 21.1 Å². The highest BCUT2D eigenvalue weighted by atomic mass is 16.3. The van der Waals surface area contributed by atoms with Gasteiger partial charge >= 0.3 is 11.8 Å². The Kier molecular flexibility index (Phi) is 6.25. The third-order valence-corrected chi connectivity index (χ3v) is 3.51. The number of aliphatic hydroxyl groups excluding tert-OH is 1. The lowest BCUT2D eigenvalue weighted by Crippen LogP contribution is -2.41. The van der Waals surface area contributed by atoms with E-state index in [2.05, 4.69) is 5.32 Å². The molecule has 0 radical (unpaired) electrons. The number of hydrogen-bond donors (Lipinski definition) is 3. The fourth-order valence-electron chi connectivity index (χ4n) is 2.30. The molecule has 0 atom stereocenters. The molecule has 2 rings (SSSR count). The van der Waals surface area contributed by atoms with E-state index in [-0.39, 0.29) is 30.9 Å². The van der Waals surface area contributed by atoms with Crippen LogP contribution in [0.15, 0.2) is 54.6 Å². The van der Waals surface area contributed by atoms with Crippen LogP contribution in [0, 0.1) is 0 Å². The molecule has 0 aliphatic rings. The van der Waals surface area contributed by atoms with Gasteiger partial charge in [-0.05, 0) is 17.7 Å². The Morgan fingerprint density at radius 2 is 1.64 bits per heavy atom. The van der Waals surface area contributed by atoms with E-state index in [1.54, 1.807) is 12.1 Å². The molecule has 0 saturated carbocycles. The monoisotopic (exact) mass is 341 g/mol. The average molecular weight is 341 g/mol. The molecular formula is C18H19N3O4. The first kappa shape index (κ1) is 18.2. The summed E-state index contributed by atoms with van der Waals surface area (Å²) < 4.78 is 0. The summed E-state index contributed by atoms with van der Waals surface area (Å²) in [4.78, 5) is 37.3. The molecular weight excluding hydrogens is 322 g/mol. The summed E-state index contributed by atoms with van der Waals surface area (Å²) in [5.74, 6) is -2.42. The van der Waals surface area contributed by atoms with Crippen molar-refractivity contribution >= 4 is 23.4 Å². The highest BCUT2D eigenvalue weighted by Gasteiger charge is 2.23. The number of carbonyl (C=O) groups excluding carboxylic acids is 3. The summed E-state index contributed by atoms with van der Waals surface area (Å²) in [5.41, 5.74) is 6.36. The Labute approximate surface area is 145 Å². The fourth-order valence-corrected chi connectivity index (χ4v) is 2.30. The molecule has 130 valence electrons. The van der Waals surface area contributed by atoms with E-state index in [9.17, 15) is 14.4 Å². The number of para-hydroxylation sites is 1. The second-order valence-corrected chi connectivity index (χ2v) is 5.30. The van der Waals surface area contributed by atoms with Crippen molar-refractivity contribution in [3.05, 3.63) is 65.7 Å². The Morgan fingerprint density at radius 1 is 1.00 bits per heavy atom. The molecule has 0 aromatic heterocycles. The van der Waals surface area contributed by atoms with Gasteiger partial charge in [0.1, 0.15) is 0 Å². The van der Waals surface area contributed by atoms with Gasteiger partial charge in [-0.1, -0.05) is 42.5 Å². The third kappa shape index (κ3) is 4.89. The smallest absolute Gasteiger partial charge is 0.313 e. The highest BCUT2D eigenvalue weighted by molar-refractivity contribution is 6.39. The summed E-state index contributed by atoms with van der Waals surface area (Å²) >= 11 is 0. The van der Waals surface area contributed by atoms with Crippen molar-refractivity contribution < 1.29 is 19.5 Å². The van der Waals surface area contributed by atoms with Gasteiger partial charge in [0.2, 0.25) is 0 Å². The number of rotatable bonds is 6. The van der Waals surface area contributed by atoms with Crippen molar-refractivity contribution in [1.29, 1.82) is 0 Å². The van der Waals surface area contributed by atoms with Gasteiger partial charge in [0.05, 0.1) is 17.9 Å². The lowest BCUT2D eigenvalue weighted by Gasteiger charge is -2.21. The molecule has 25 heavy (non-hydrogen) atoms. The molecule has 7 nitrogen and oxygen atoms in total. The van der Waals surface area contributed by atoms with Crippen LogP contribution in [0.1, 0.15) is 15.9 Å². The van der Waals surface area contributed by atoms with E-state index in [1.807, 2.05) is 30.3 Å². The van der Waals surface area contributed by atoms with Gasteiger partial charge in [-0.15, -0.1) is 0 Å². The van der Waals surface area contributed by atoms with Crippen LogP contribution in [0.25, 0.3) is 0 Å². The number of benzene rings is 2. The SMILES string of the molecule is NC(=O)c1ccccc1NC(=O)C(=O)N(CCO)Cc1ccccc1. The summed E-state index contributed by atoms with van der Waals surface area (Å²) in [7, 11) is 0. The van der Waals surface area contributed by atoms with Gasteiger partial charge in [0.15, 0.2) is 0 Å². The molecule has 7 heteroatoms. The van der Waals surface area contributed by atoms with E-state index in [0.717, 1.165) is 5.56 Å². The first-order valence-corrected chi connectivity index (χ1v) is 7.66. The number of nitrogens with one attached hydrogen (secondary N) is 1. The normalized spacial score (nSPS) is 10.1. The van der Waals surface area contributed by atoms with Crippen molar-refractivity contribution in [2.75, 3.05) is 18.5 Å². The lowest BCUT2D eigenvalue weighted by atomic mass is 10.1. The maximum atomic E-state index is 12.4. The van der Waals surface area contributed by atoms with E-state index < -0.39 is 17.7 Å². The Morgan fingerprint density at radius 3 is 2.28 bits per heavy atom. The zero-order valence-corrected chi connectivity index (χ0v) is 13.5. The molecule has 2 aromatic rings. The van der Waals surface area contributed by atoms with E-state index in [4.69, 9.17) is 10.8 Å². The van der Waals surface area contributed by atoms with Crippen LogP contribution >= 0.6 is 0 Å². The number of aliphatic hydroxyl groups is 1. The van der Waals surface area contributed by atoms with Crippen molar-refractivity contribution in [2.45, 2.75) is 6.54 Å². The molecule has 3 amide bonds. The van der Waals surface area contributed by atoms with Crippen molar-refractivity contribution in [3.63, 3.8) is 0 Å². The van der Waals surface area contributed by atoms with Crippen molar-refractivity contribution in [3.8, 4) is 0 Å². The highest BCUT2D eigenvalue weighted by Crippen LogP contribution is 2.14. The van der Waals surface area contributed by atoms with Crippen molar-refractivity contribution in [2.24, 2.45) is 5.73 Å². The van der Waals surface area contributed by atoms with E-state index in [1.165, 1.54) is 17.0 Å². The van der Waals surface area contributed by atoms with E-state index >= 15 is 0 Å². The second kappa shape index (κ2) is 8.60. The van der Waals surface area contributed by atoms with Gasteiger partial charge in [-0.25, -0.2) is 0 Å². The molecule has 0 unspecified atom stereocenters. The van der Waals surface area contributed by atoms with Crippen LogP contribution in [0.5, 0.6) is 0 Å². The van der Waals surface area contributed by atoms with Crippen LogP contribution in [-0.2, 0) is 16.1 Å². The minimum absolute atomic E-state index is 0.0125. The summed E-state index contributed by atoms with van der Waals surface area (Å²) in [6.45, 7) is -0.0759. The van der Waals surface area contributed by atoms with Crippen LogP contribution < -0.4 is 11.1 Å². The molecule has 4 N–H and O–H groups in total. The minimum atomic E-state index is -0.905. The predicted octanol–water partition coefficient (Wildman–Crippen LogP) is 0.745. The Bertz CT molecular complexity index is 762. The zero-order chi connectivity index (χ0) is 18.2. The molecule has 0 spiro atoms. The average Bonchev–Trinajstić information content (AvgIpc) is 2.62. The molecule has 0 fully saturated rings. The van der Waals surface area contributed by atoms with Crippen molar-refractivity contribution in [1.82, 2.24) is 4.90 Å². The number of amides is 3. The molecule has 0 heterocycles. The summed E-state index contributed by atoms with van der Waals surface area (Å²) in [6.07, 6.45) is 0. The van der Waals surface area contributed by atoms with Gasteiger partial charge in [0, 0.05) is 13.1 Å². The summed E-state index contributed by atoms with van der Waals surface area (Å²) in [5, 5.41) is 11.6. The number of anilines is 1. The number of carbonyl (C=O) groups is 3. The zero-order valence-electron chi connectivity index (χ0n) is 13.5. The standard InChI is InChI=1S/C18H19N3O4/c19-16(23)14-8-4-5-9-15(14)20-17(24)18(25)21(10-11-22)12-13-6-2-1-3-7-13/h1-9,22H,10-12H2,(H2,19,23)(H,20,24). The number of nitrogens with zero attached hydrogens (tertiary/aromatic N) is 1. The third-order valence-electron chi connectivity index (χ3n) is 3.51. The molecule has 0 aliphatic carbocycles. The Hall–Kier alpha value is -3.19. The largest absolute Gasteiger partial charge is 0.395 e. The molecule has 0 saturated heterocycles. The molecule has 0 aliphatic heterocycles. The first-order chi connectivity index (χ1) is 12.0. The van der Waals surface area contributed by atoms with E-state index in [0.29, 0.717) is 0 Å². The van der Waals surface area contributed by atoms with Crippen LogP contribution in [-0.4, -0.2) is 40.9 Å². The number of nitrogens with two attached hydrogens (primary N) is 1. The topological polar surface area (TPSA) is 113 Å². The van der Waals surface area contributed by atoms with Gasteiger partial charge in [-0.3, -0.25) is 14.4 Å². The summed E-state index contributed by atoms with van der Waals surface area (Å²) in [6, 6.07) is 15.3. The number of hydrogen-bond acceptors (Lipinski definition) is 4. The lowest BCUT2D eigenvalue weighted by molar-refractivity contribution is -0.143. The minimum Gasteiger partial charge on any atom is -0.395 e. The Balaban J connectivity index is 2.13. The van der Waals surface area contributed by atoms with Crippen LogP contribution in [0.2, 0.25) is 0 Å². The fraction of sp³-hybridized carbons (Fsp3) is 0.167.